The van der Waals surface area contributed by atoms with E-state index < -0.39 is 0 Å². The molecule has 66 valence electrons. The number of rotatable bonds is 2. The Bertz CT molecular complexity index is 127. The van der Waals surface area contributed by atoms with Crippen LogP contribution in [0.1, 0.15) is 20.3 Å². The van der Waals surface area contributed by atoms with Gasteiger partial charge < -0.3 is 5.32 Å². The van der Waals surface area contributed by atoms with Crippen molar-refractivity contribution in [1.82, 2.24) is 10.2 Å². The second-order valence-electron chi connectivity index (χ2n) is 3.45. The minimum Gasteiger partial charge on any atom is -0.316 e. The number of likely N-dealkylation sites (tertiary alicyclic amines) is 1. The van der Waals surface area contributed by atoms with Crippen LogP contribution in [0.2, 0.25) is 0 Å². The Hall–Kier alpha value is 0.650. The molecule has 0 amide bonds. The van der Waals surface area contributed by atoms with Crippen LogP contribution in [0.25, 0.3) is 0 Å². The molecule has 1 fully saturated rings. The molecule has 2 atom stereocenters. The van der Waals surface area contributed by atoms with Gasteiger partial charge in [-0.1, -0.05) is 22.6 Å². The third kappa shape index (κ3) is 2.29. The van der Waals surface area contributed by atoms with Gasteiger partial charge in [0.2, 0.25) is 0 Å². The highest BCUT2D eigenvalue weighted by Gasteiger charge is 2.30. The van der Waals surface area contributed by atoms with E-state index in [1.165, 1.54) is 13.0 Å². The van der Waals surface area contributed by atoms with E-state index in [1.54, 1.807) is 0 Å². The van der Waals surface area contributed by atoms with Gasteiger partial charge in [-0.25, -0.2) is 0 Å². The SMILES string of the molecule is CNC1CC(I)N(C(C)C)C1. The Balaban J connectivity index is 2.45. The van der Waals surface area contributed by atoms with Gasteiger partial charge in [0, 0.05) is 18.6 Å². The number of nitrogens with zero attached hydrogens (tertiary/aromatic N) is 1. The zero-order chi connectivity index (χ0) is 8.43. The first kappa shape index (κ1) is 9.74. The highest BCUT2D eigenvalue weighted by Crippen LogP contribution is 2.24. The van der Waals surface area contributed by atoms with Crippen molar-refractivity contribution in [3.8, 4) is 0 Å². The predicted octanol–water partition coefficient (Wildman–Crippen LogP) is 1.45. The molecular weight excluding hydrogens is 251 g/mol. The first-order valence-electron chi connectivity index (χ1n) is 4.22. The fourth-order valence-electron chi connectivity index (χ4n) is 1.56. The van der Waals surface area contributed by atoms with Crippen molar-refractivity contribution in [3.05, 3.63) is 0 Å². The van der Waals surface area contributed by atoms with Crippen molar-refractivity contribution >= 4 is 22.6 Å². The normalized spacial score (nSPS) is 33.5. The lowest BCUT2D eigenvalue weighted by molar-refractivity contribution is 0.260. The van der Waals surface area contributed by atoms with Crippen molar-refractivity contribution in [2.75, 3.05) is 13.6 Å². The van der Waals surface area contributed by atoms with E-state index in [2.05, 4.69) is 53.7 Å². The fourth-order valence-corrected chi connectivity index (χ4v) is 3.04. The zero-order valence-electron chi connectivity index (χ0n) is 7.47. The van der Waals surface area contributed by atoms with Crippen LogP contribution in [0, 0.1) is 0 Å². The quantitative estimate of drug-likeness (QED) is 0.463. The molecule has 0 aromatic carbocycles. The Labute approximate surface area is 82.9 Å². The van der Waals surface area contributed by atoms with Gasteiger partial charge in [0.05, 0.1) is 4.05 Å². The number of hydrogen-bond donors (Lipinski definition) is 1. The van der Waals surface area contributed by atoms with Crippen molar-refractivity contribution < 1.29 is 0 Å². The largest absolute Gasteiger partial charge is 0.316 e. The molecule has 2 unspecified atom stereocenters. The van der Waals surface area contributed by atoms with Gasteiger partial charge in [-0.05, 0) is 27.3 Å². The minimum atomic E-state index is 0.690. The average Bonchev–Trinajstić information content (AvgIpc) is 2.30. The van der Waals surface area contributed by atoms with E-state index in [0.717, 1.165) is 4.05 Å². The van der Waals surface area contributed by atoms with Crippen LogP contribution in [0.3, 0.4) is 0 Å². The summed E-state index contributed by atoms with van der Waals surface area (Å²) in [7, 11) is 2.05. The summed E-state index contributed by atoms with van der Waals surface area (Å²) in [5.41, 5.74) is 0. The second kappa shape index (κ2) is 4.05. The van der Waals surface area contributed by atoms with Crippen LogP contribution < -0.4 is 5.32 Å². The Morgan fingerprint density at radius 3 is 2.45 bits per heavy atom. The molecule has 3 heteroatoms. The van der Waals surface area contributed by atoms with Crippen molar-refractivity contribution in [2.45, 2.75) is 36.4 Å². The van der Waals surface area contributed by atoms with Crippen LogP contribution in [-0.4, -0.2) is 34.6 Å². The molecule has 1 N–H and O–H groups in total. The van der Waals surface area contributed by atoms with Crippen LogP contribution in [-0.2, 0) is 0 Å². The molecule has 2 nitrogen and oxygen atoms in total. The summed E-state index contributed by atoms with van der Waals surface area (Å²) in [6.45, 7) is 5.75. The van der Waals surface area contributed by atoms with Crippen LogP contribution >= 0.6 is 22.6 Å². The summed E-state index contributed by atoms with van der Waals surface area (Å²) in [5, 5.41) is 3.33. The molecule has 1 saturated heterocycles. The first-order chi connectivity index (χ1) is 5.15. The number of likely N-dealkylation sites (N-methyl/N-ethyl adjacent to an activating group) is 1. The van der Waals surface area contributed by atoms with Crippen molar-refractivity contribution in [2.24, 2.45) is 0 Å². The molecule has 0 aromatic heterocycles. The number of alkyl halides is 1. The molecule has 0 radical (unpaired) electrons. The maximum absolute atomic E-state index is 3.33. The Morgan fingerprint density at radius 1 is 1.55 bits per heavy atom. The molecule has 1 rings (SSSR count). The smallest absolute Gasteiger partial charge is 0.0636 e. The number of halogens is 1. The Morgan fingerprint density at radius 2 is 2.18 bits per heavy atom. The van der Waals surface area contributed by atoms with Crippen molar-refractivity contribution in [1.29, 1.82) is 0 Å². The van der Waals surface area contributed by atoms with E-state index in [1.807, 2.05) is 0 Å². The average molecular weight is 268 g/mol. The summed E-state index contributed by atoms with van der Waals surface area (Å²) in [5.74, 6) is 0. The van der Waals surface area contributed by atoms with Crippen LogP contribution in [0.5, 0.6) is 0 Å². The van der Waals surface area contributed by atoms with Gasteiger partial charge in [-0.3, -0.25) is 4.90 Å². The molecule has 11 heavy (non-hydrogen) atoms. The topological polar surface area (TPSA) is 15.3 Å². The maximum atomic E-state index is 3.33. The summed E-state index contributed by atoms with van der Waals surface area (Å²) < 4.78 is 0.727. The summed E-state index contributed by atoms with van der Waals surface area (Å²) in [6.07, 6.45) is 1.29. The monoisotopic (exact) mass is 268 g/mol. The van der Waals surface area contributed by atoms with Gasteiger partial charge in [0.1, 0.15) is 0 Å². The summed E-state index contributed by atoms with van der Waals surface area (Å²) >= 11 is 2.53. The lowest BCUT2D eigenvalue weighted by Gasteiger charge is -2.23. The van der Waals surface area contributed by atoms with Gasteiger partial charge >= 0.3 is 0 Å². The van der Waals surface area contributed by atoms with E-state index >= 15 is 0 Å². The molecular formula is C8H17IN2. The lowest BCUT2D eigenvalue weighted by atomic mass is 10.3. The summed E-state index contributed by atoms with van der Waals surface area (Å²) in [6, 6.07) is 1.40. The molecule has 1 aliphatic heterocycles. The number of hydrogen-bond acceptors (Lipinski definition) is 2. The minimum absolute atomic E-state index is 0.690. The van der Waals surface area contributed by atoms with Crippen molar-refractivity contribution in [3.63, 3.8) is 0 Å². The molecule has 0 aromatic rings. The second-order valence-corrected chi connectivity index (χ2v) is 4.88. The first-order valence-corrected chi connectivity index (χ1v) is 5.46. The van der Waals surface area contributed by atoms with E-state index in [-0.39, 0.29) is 0 Å². The van der Waals surface area contributed by atoms with E-state index in [0.29, 0.717) is 12.1 Å². The molecule has 0 bridgehead atoms. The molecule has 0 saturated carbocycles. The molecule has 0 aliphatic carbocycles. The maximum Gasteiger partial charge on any atom is 0.0636 e. The highest BCUT2D eigenvalue weighted by molar-refractivity contribution is 14.1. The van der Waals surface area contributed by atoms with Gasteiger partial charge in [-0.15, -0.1) is 0 Å². The van der Waals surface area contributed by atoms with E-state index in [4.69, 9.17) is 0 Å². The third-order valence-electron chi connectivity index (χ3n) is 2.34. The van der Waals surface area contributed by atoms with Gasteiger partial charge in [0.25, 0.3) is 0 Å². The van der Waals surface area contributed by atoms with E-state index in [9.17, 15) is 0 Å². The predicted molar refractivity (Wildman–Crippen MR) is 57.1 cm³/mol. The third-order valence-corrected chi connectivity index (χ3v) is 3.57. The van der Waals surface area contributed by atoms with Gasteiger partial charge in [-0.2, -0.15) is 0 Å². The number of nitrogens with one attached hydrogen (secondary N) is 1. The molecule has 1 aliphatic rings. The highest BCUT2D eigenvalue weighted by atomic mass is 127. The van der Waals surface area contributed by atoms with Gasteiger partial charge in [0.15, 0.2) is 0 Å². The molecule has 1 heterocycles. The zero-order valence-corrected chi connectivity index (χ0v) is 9.63. The van der Waals surface area contributed by atoms with Crippen LogP contribution in [0.4, 0.5) is 0 Å². The molecule has 0 spiro atoms. The standard InChI is InChI=1S/C8H17IN2/c1-6(2)11-5-7(10-3)4-8(11)9/h6-8,10H,4-5H2,1-3H3. The summed E-state index contributed by atoms with van der Waals surface area (Å²) in [4.78, 5) is 2.54. The fraction of sp³-hybridized carbons (Fsp3) is 1.00. The lowest BCUT2D eigenvalue weighted by Crippen LogP contribution is -2.34. The Kier molecular flexibility index (Phi) is 3.58. The van der Waals surface area contributed by atoms with Crippen LogP contribution in [0.15, 0.2) is 0 Å².